The van der Waals surface area contributed by atoms with E-state index in [0.29, 0.717) is 0 Å². The summed E-state index contributed by atoms with van der Waals surface area (Å²) < 4.78 is 28.8. The van der Waals surface area contributed by atoms with E-state index < -0.39 is 10.1 Å². The van der Waals surface area contributed by atoms with Gasteiger partial charge < -0.3 is 0 Å². The Morgan fingerprint density at radius 3 is 2.57 bits per heavy atom. The van der Waals surface area contributed by atoms with E-state index in [4.69, 9.17) is 4.18 Å². The SMILES string of the molecule is C=C1c2c(Br)cccc2CC12CCC(OS(C)(=O)=O)CC2. The summed E-state index contributed by atoms with van der Waals surface area (Å²) in [6, 6.07) is 6.29. The molecule has 1 aromatic rings. The molecule has 5 heteroatoms. The van der Waals surface area contributed by atoms with E-state index in [1.807, 2.05) is 0 Å². The van der Waals surface area contributed by atoms with Gasteiger partial charge in [-0.05, 0) is 60.3 Å². The number of fused-ring (bicyclic) bond motifs is 1. The Kier molecular flexibility index (Phi) is 3.79. The molecule has 0 atom stereocenters. The quantitative estimate of drug-likeness (QED) is 0.740. The molecule has 1 saturated carbocycles. The molecule has 114 valence electrons. The third-order valence-corrected chi connectivity index (χ3v) is 6.05. The van der Waals surface area contributed by atoms with Gasteiger partial charge in [0.25, 0.3) is 10.1 Å². The minimum atomic E-state index is -3.36. The Bertz CT molecular complexity index is 685. The van der Waals surface area contributed by atoms with Crippen molar-refractivity contribution in [2.45, 2.75) is 38.2 Å². The number of allylic oxidation sites excluding steroid dienone is 1. The normalized spacial score (nSPS) is 28.9. The van der Waals surface area contributed by atoms with E-state index in [9.17, 15) is 8.42 Å². The van der Waals surface area contributed by atoms with Crippen LogP contribution in [0.3, 0.4) is 0 Å². The Labute approximate surface area is 134 Å². The van der Waals surface area contributed by atoms with Gasteiger partial charge in [-0.1, -0.05) is 34.6 Å². The summed E-state index contributed by atoms with van der Waals surface area (Å²) in [6.45, 7) is 4.34. The zero-order valence-corrected chi connectivity index (χ0v) is 14.5. The van der Waals surface area contributed by atoms with Crippen molar-refractivity contribution in [3.8, 4) is 0 Å². The molecule has 21 heavy (non-hydrogen) atoms. The molecule has 2 aliphatic rings. The average molecular weight is 371 g/mol. The van der Waals surface area contributed by atoms with E-state index in [0.717, 1.165) is 42.8 Å². The van der Waals surface area contributed by atoms with Crippen LogP contribution in [0.5, 0.6) is 0 Å². The van der Waals surface area contributed by atoms with Crippen LogP contribution in [0, 0.1) is 5.41 Å². The van der Waals surface area contributed by atoms with Crippen molar-refractivity contribution < 1.29 is 12.6 Å². The predicted molar refractivity (Wildman–Crippen MR) is 87.5 cm³/mol. The molecular formula is C16H19BrO3S. The lowest BCUT2D eigenvalue weighted by Gasteiger charge is -2.37. The fourth-order valence-corrected chi connectivity index (χ4v) is 5.09. The highest BCUT2D eigenvalue weighted by Crippen LogP contribution is 2.55. The molecule has 1 aromatic carbocycles. The maximum Gasteiger partial charge on any atom is 0.264 e. The molecule has 0 aromatic heterocycles. The maximum atomic E-state index is 11.3. The first kappa shape index (κ1) is 15.3. The first-order valence-electron chi connectivity index (χ1n) is 7.16. The second kappa shape index (κ2) is 5.21. The van der Waals surface area contributed by atoms with Gasteiger partial charge in [-0.15, -0.1) is 0 Å². The Balaban J connectivity index is 1.78. The van der Waals surface area contributed by atoms with Gasteiger partial charge in [-0.2, -0.15) is 8.42 Å². The van der Waals surface area contributed by atoms with Crippen molar-refractivity contribution >= 4 is 31.6 Å². The van der Waals surface area contributed by atoms with Crippen LogP contribution in [0.15, 0.2) is 29.3 Å². The summed E-state index contributed by atoms with van der Waals surface area (Å²) in [4.78, 5) is 0. The van der Waals surface area contributed by atoms with Crippen molar-refractivity contribution in [1.29, 1.82) is 0 Å². The van der Waals surface area contributed by atoms with E-state index >= 15 is 0 Å². The second-order valence-corrected chi connectivity index (χ2v) is 8.66. The summed E-state index contributed by atoms with van der Waals surface area (Å²) in [5.74, 6) is 0. The van der Waals surface area contributed by atoms with Crippen LogP contribution in [0.4, 0.5) is 0 Å². The van der Waals surface area contributed by atoms with Crippen LogP contribution >= 0.6 is 15.9 Å². The molecule has 3 nitrogen and oxygen atoms in total. The molecule has 0 N–H and O–H groups in total. The summed E-state index contributed by atoms with van der Waals surface area (Å²) in [6.07, 6.45) is 5.38. The zero-order valence-electron chi connectivity index (χ0n) is 12.1. The standard InChI is InChI=1S/C16H19BrO3S/c1-11-15-12(4-3-5-14(15)17)10-16(11)8-6-13(7-9-16)20-21(2,18)19/h3-5,13H,1,6-10H2,2H3. The first-order chi connectivity index (χ1) is 9.81. The topological polar surface area (TPSA) is 43.4 Å². The Morgan fingerprint density at radius 2 is 2.00 bits per heavy atom. The average Bonchev–Trinajstić information content (AvgIpc) is 2.66. The van der Waals surface area contributed by atoms with Crippen LogP contribution in [-0.2, 0) is 20.7 Å². The number of rotatable bonds is 2. The van der Waals surface area contributed by atoms with Crippen molar-refractivity contribution in [3.05, 3.63) is 40.4 Å². The summed E-state index contributed by atoms with van der Waals surface area (Å²) >= 11 is 3.62. The van der Waals surface area contributed by atoms with Gasteiger partial charge in [0.2, 0.25) is 0 Å². The van der Waals surface area contributed by atoms with Crippen LogP contribution in [-0.4, -0.2) is 20.8 Å². The van der Waals surface area contributed by atoms with Gasteiger partial charge in [0.15, 0.2) is 0 Å². The van der Waals surface area contributed by atoms with Crippen molar-refractivity contribution in [2.75, 3.05) is 6.26 Å². The van der Waals surface area contributed by atoms with Crippen molar-refractivity contribution in [3.63, 3.8) is 0 Å². The third-order valence-electron chi connectivity index (χ3n) is 4.77. The molecule has 0 amide bonds. The molecule has 1 spiro atoms. The monoisotopic (exact) mass is 370 g/mol. The predicted octanol–water partition coefficient (Wildman–Crippen LogP) is 3.92. The smallest absolute Gasteiger partial charge is 0.264 e. The molecule has 0 saturated heterocycles. The summed E-state index contributed by atoms with van der Waals surface area (Å²) in [7, 11) is -3.36. The van der Waals surface area contributed by atoms with Gasteiger partial charge in [0, 0.05) is 4.47 Å². The molecule has 0 radical (unpaired) electrons. The molecule has 0 aliphatic heterocycles. The van der Waals surface area contributed by atoms with Gasteiger partial charge in [0.05, 0.1) is 12.4 Å². The van der Waals surface area contributed by atoms with Crippen molar-refractivity contribution in [2.24, 2.45) is 5.41 Å². The minimum absolute atomic E-state index is 0.0869. The van der Waals surface area contributed by atoms with Gasteiger partial charge in [-0.3, -0.25) is 4.18 Å². The fraction of sp³-hybridized carbons (Fsp3) is 0.500. The van der Waals surface area contributed by atoms with E-state index in [1.54, 1.807) is 0 Å². The lowest BCUT2D eigenvalue weighted by molar-refractivity contribution is 0.117. The van der Waals surface area contributed by atoms with Crippen molar-refractivity contribution in [1.82, 2.24) is 0 Å². The molecule has 0 unspecified atom stereocenters. The van der Waals surface area contributed by atoms with Crippen LogP contribution in [0.1, 0.15) is 36.8 Å². The zero-order chi connectivity index (χ0) is 15.3. The molecule has 0 heterocycles. The van der Waals surface area contributed by atoms with Crippen LogP contribution < -0.4 is 0 Å². The number of benzene rings is 1. The highest BCUT2D eigenvalue weighted by atomic mass is 79.9. The second-order valence-electron chi connectivity index (χ2n) is 6.21. The first-order valence-corrected chi connectivity index (χ1v) is 9.77. The number of halogens is 1. The summed E-state index contributed by atoms with van der Waals surface area (Å²) in [5.41, 5.74) is 3.88. The molecule has 1 fully saturated rings. The highest BCUT2D eigenvalue weighted by Gasteiger charge is 2.44. The summed E-state index contributed by atoms with van der Waals surface area (Å²) in [5, 5.41) is 0. The van der Waals surface area contributed by atoms with E-state index in [2.05, 4.69) is 40.7 Å². The Hall–Kier alpha value is -0.650. The lowest BCUT2D eigenvalue weighted by Crippen LogP contribution is -2.31. The van der Waals surface area contributed by atoms with E-state index in [-0.39, 0.29) is 11.5 Å². The number of hydrogen-bond donors (Lipinski definition) is 0. The van der Waals surface area contributed by atoms with Crippen LogP contribution in [0.2, 0.25) is 0 Å². The van der Waals surface area contributed by atoms with Gasteiger partial charge in [-0.25, -0.2) is 0 Å². The highest BCUT2D eigenvalue weighted by molar-refractivity contribution is 9.10. The third kappa shape index (κ3) is 2.83. The van der Waals surface area contributed by atoms with Crippen LogP contribution in [0.25, 0.3) is 5.57 Å². The Morgan fingerprint density at radius 1 is 1.33 bits per heavy atom. The minimum Gasteiger partial charge on any atom is -0.267 e. The molecule has 3 rings (SSSR count). The largest absolute Gasteiger partial charge is 0.267 e. The lowest BCUT2D eigenvalue weighted by atomic mass is 9.69. The molecule has 0 bridgehead atoms. The molecular weight excluding hydrogens is 352 g/mol. The fourth-order valence-electron chi connectivity index (χ4n) is 3.76. The van der Waals surface area contributed by atoms with Gasteiger partial charge >= 0.3 is 0 Å². The van der Waals surface area contributed by atoms with Gasteiger partial charge in [0.1, 0.15) is 0 Å². The molecule has 2 aliphatic carbocycles. The maximum absolute atomic E-state index is 11.3. The number of hydrogen-bond acceptors (Lipinski definition) is 3. The van der Waals surface area contributed by atoms with E-state index in [1.165, 1.54) is 16.7 Å².